The van der Waals surface area contributed by atoms with E-state index in [9.17, 15) is 0 Å². The average molecular weight is 544 g/mol. The number of para-hydroxylation sites is 1. The molecule has 0 spiro atoms. The number of hydrogen-bond donors (Lipinski definition) is 0. The summed E-state index contributed by atoms with van der Waals surface area (Å²) in [6, 6.07) is 33.0. The highest BCUT2D eigenvalue weighted by atomic mass is 32.1. The molecule has 0 bridgehead atoms. The smallest absolute Gasteiger partial charge is 0.120 e. The zero-order valence-electron chi connectivity index (χ0n) is 23.1. The molecule has 0 aliphatic carbocycles. The number of aromatic nitrogens is 1. The maximum absolute atomic E-state index is 6.12. The molecular formula is C36H33NO2S. The molecule has 2 aromatic heterocycles. The average Bonchev–Trinajstić information content (AvgIpc) is 3.53. The van der Waals surface area contributed by atoms with Gasteiger partial charge >= 0.3 is 0 Å². The van der Waals surface area contributed by atoms with E-state index in [-0.39, 0.29) is 0 Å². The minimum atomic E-state index is 0.748. The summed E-state index contributed by atoms with van der Waals surface area (Å²) in [7, 11) is 0. The van der Waals surface area contributed by atoms with Crippen molar-refractivity contribution < 1.29 is 9.47 Å². The molecule has 40 heavy (non-hydrogen) atoms. The van der Waals surface area contributed by atoms with Crippen LogP contribution in [-0.2, 0) is 0 Å². The molecule has 200 valence electrons. The van der Waals surface area contributed by atoms with Gasteiger partial charge in [0.25, 0.3) is 0 Å². The third-order valence-corrected chi connectivity index (χ3v) is 9.07. The summed E-state index contributed by atoms with van der Waals surface area (Å²) in [6.45, 7) is 5.90. The minimum absolute atomic E-state index is 0.748. The SMILES string of the molecule is CCCCOc1ccc2sc3c(ccc4c3ccc3c5cc(OCCCC)ccc5n(-c5ccccc5)c43)c2c1. The maximum Gasteiger partial charge on any atom is 0.120 e. The Labute approximate surface area is 238 Å². The maximum atomic E-state index is 6.12. The van der Waals surface area contributed by atoms with Crippen LogP contribution in [0.5, 0.6) is 11.5 Å². The minimum Gasteiger partial charge on any atom is -0.494 e. The summed E-state index contributed by atoms with van der Waals surface area (Å²) >= 11 is 1.87. The summed E-state index contributed by atoms with van der Waals surface area (Å²) in [5, 5.41) is 7.60. The van der Waals surface area contributed by atoms with Crippen LogP contribution in [-0.4, -0.2) is 17.8 Å². The van der Waals surface area contributed by atoms with Crippen molar-refractivity contribution in [2.24, 2.45) is 0 Å². The molecule has 4 heteroatoms. The fourth-order valence-corrected chi connectivity index (χ4v) is 7.01. The molecule has 2 heterocycles. The van der Waals surface area contributed by atoms with Gasteiger partial charge in [0.2, 0.25) is 0 Å². The Kier molecular flexibility index (Phi) is 6.57. The van der Waals surface area contributed by atoms with Gasteiger partial charge in [-0.05, 0) is 61.4 Å². The number of benzene rings is 5. The van der Waals surface area contributed by atoms with E-state index < -0.39 is 0 Å². The van der Waals surface area contributed by atoms with E-state index in [0.717, 1.165) is 50.4 Å². The number of fused-ring (bicyclic) bond motifs is 9. The summed E-state index contributed by atoms with van der Waals surface area (Å²) in [5.41, 5.74) is 3.61. The highest BCUT2D eigenvalue weighted by Gasteiger charge is 2.18. The first-order valence-corrected chi connectivity index (χ1v) is 15.3. The summed E-state index contributed by atoms with van der Waals surface area (Å²) < 4.78 is 17.2. The highest BCUT2D eigenvalue weighted by molar-refractivity contribution is 7.26. The molecule has 5 aromatic carbocycles. The molecule has 0 radical (unpaired) electrons. The zero-order chi connectivity index (χ0) is 27.1. The van der Waals surface area contributed by atoms with Crippen LogP contribution in [0.2, 0.25) is 0 Å². The first kappa shape index (κ1) is 25.0. The largest absolute Gasteiger partial charge is 0.494 e. The van der Waals surface area contributed by atoms with Gasteiger partial charge in [0.1, 0.15) is 11.5 Å². The zero-order valence-corrected chi connectivity index (χ0v) is 23.9. The lowest BCUT2D eigenvalue weighted by molar-refractivity contribution is 0.309. The fraction of sp³-hybridized carbons (Fsp3) is 0.222. The van der Waals surface area contributed by atoms with Crippen LogP contribution in [0.15, 0.2) is 91.0 Å². The van der Waals surface area contributed by atoms with E-state index in [1.165, 1.54) is 58.4 Å². The number of unbranched alkanes of at least 4 members (excludes halogenated alkanes) is 2. The second kappa shape index (κ2) is 10.5. The van der Waals surface area contributed by atoms with Crippen LogP contribution < -0.4 is 9.47 Å². The molecule has 0 unspecified atom stereocenters. The van der Waals surface area contributed by atoms with Gasteiger partial charge in [0.15, 0.2) is 0 Å². The molecule has 7 aromatic rings. The van der Waals surface area contributed by atoms with E-state index in [1.807, 2.05) is 11.3 Å². The Morgan fingerprint density at radius 2 is 1.20 bits per heavy atom. The van der Waals surface area contributed by atoms with E-state index in [0.29, 0.717) is 0 Å². The van der Waals surface area contributed by atoms with Crippen molar-refractivity contribution >= 4 is 64.1 Å². The Morgan fingerprint density at radius 1 is 0.600 bits per heavy atom. The number of thiophene rings is 1. The Morgan fingerprint density at radius 3 is 1.90 bits per heavy atom. The topological polar surface area (TPSA) is 23.4 Å². The monoisotopic (exact) mass is 543 g/mol. The molecule has 0 saturated carbocycles. The van der Waals surface area contributed by atoms with Crippen LogP contribution in [0, 0.1) is 0 Å². The molecule has 0 saturated heterocycles. The fourth-order valence-electron chi connectivity index (χ4n) is 5.80. The van der Waals surface area contributed by atoms with Crippen molar-refractivity contribution in [2.75, 3.05) is 13.2 Å². The van der Waals surface area contributed by atoms with Crippen molar-refractivity contribution in [2.45, 2.75) is 39.5 Å². The summed E-state index contributed by atoms with van der Waals surface area (Å²) in [5.74, 6) is 1.89. The van der Waals surface area contributed by atoms with Crippen molar-refractivity contribution in [3.63, 3.8) is 0 Å². The lowest BCUT2D eigenvalue weighted by atomic mass is 10.0. The van der Waals surface area contributed by atoms with Crippen molar-refractivity contribution in [1.29, 1.82) is 0 Å². The van der Waals surface area contributed by atoms with Crippen LogP contribution in [0.1, 0.15) is 39.5 Å². The second-order valence-corrected chi connectivity index (χ2v) is 11.6. The lowest BCUT2D eigenvalue weighted by Gasteiger charge is -2.10. The Hall–Kier alpha value is -4.02. The van der Waals surface area contributed by atoms with Crippen LogP contribution in [0.25, 0.3) is 58.4 Å². The van der Waals surface area contributed by atoms with E-state index >= 15 is 0 Å². The predicted molar refractivity (Wildman–Crippen MR) is 172 cm³/mol. The molecule has 7 rings (SSSR count). The number of ether oxygens (including phenoxy) is 2. The van der Waals surface area contributed by atoms with Gasteiger partial charge < -0.3 is 14.0 Å². The van der Waals surface area contributed by atoms with E-state index in [2.05, 4.69) is 109 Å². The van der Waals surface area contributed by atoms with E-state index in [1.54, 1.807) is 0 Å². The van der Waals surface area contributed by atoms with E-state index in [4.69, 9.17) is 9.47 Å². The van der Waals surface area contributed by atoms with Crippen LogP contribution in [0.3, 0.4) is 0 Å². The Bertz CT molecular complexity index is 1980. The molecule has 0 atom stereocenters. The van der Waals surface area contributed by atoms with Crippen LogP contribution >= 0.6 is 11.3 Å². The third kappa shape index (κ3) is 4.18. The van der Waals surface area contributed by atoms with Gasteiger partial charge in [0.05, 0.1) is 24.2 Å². The van der Waals surface area contributed by atoms with Gasteiger partial charge in [-0.25, -0.2) is 0 Å². The lowest BCUT2D eigenvalue weighted by Crippen LogP contribution is -1.96. The second-order valence-electron chi connectivity index (χ2n) is 10.5. The summed E-state index contributed by atoms with van der Waals surface area (Å²) in [6.07, 6.45) is 4.40. The number of rotatable bonds is 9. The van der Waals surface area contributed by atoms with Gasteiger partial charge in [-0.15, -0.1) is 11.3 Å². The molecule has 0 fully saturated rings. The first-order chi connectivity index (χ1) is 19.8. The number of nitrogens with zero attached hydrogens (tertiary/aromatic N) is 1. The van der Waals surface area contributed by atoms with Gasteiger partial charge in [-0.3, -0.25) is 0 Å². The van der Waals surface area contributed by atoms with Crippen molar-refractivity contribution in [1.82, 2.24) is 4.57 Å². The molecule has 0 N–H and O–H groups in total. The van der Waals surface area contributed by atoms with Gasteiger partial charge in [0, 0.05) is 47.4 Å². The molecule has 0 amide bonds. The Balaban J connectivity index is 1.47. The molecule has 0 aliphatic rings. The predicted octanol–water partition coefficient (Wildman–Crippen LogP) is 10.7. The quantitative estimate of drug-likeness (QED) is 0.169. The molecular weight excluding hydrogens is 510 g/mol. The summed E-state index contributed by atoms with van der Waals surface area (Å²) in [4.78, 5) is 0. The normalized spacial score (nSPS) is 11.8. The first-order valence-electron chi connectivity index (χ1n) is 14.4. The van der Waals surface area contributed by atoms with Crippen LogP contribution in [0.4, 0.5) is 0 Å². The van der Waals surface area contributed by atoms with Gasteiger partial charge in [-0.2, -0.15) is 0 Å². The van der Waals surface area contributed by atoms with Gasteiger partial charge in [-0.1, -0.05) is 69.2 Å². The third-order valence-electron chi connectivity index (χ3n) is 7.85. The molecule has 0 aliphatic heterocycles. The van der Waals surface area contributed by atoms with Crippen molar-refractivity contribution in [3.05, 3.63) is 91.0 Å². The standard InChI is InChI=1S/C36H33NO2S/c1-3-5-20-38-25-12-18-33-31(22-25)28-15-16-29-27(35(28)37(33)24-10-8-7-9-11-24)14-17-30-32-23-26(39-21-6-4-2)13-19-34(32)40-36(29)30/h7-19,22-23H,3-6,20-21H2,1-2H3. The highest BCUT2D eigenvalue weighted by Crippen LogP contribution is 2.44. The molecule has 3 nitrogen and oxygen atoms in total. The van der Waals surface area contributed by atoms with Crippen molar-refractivity contribution in [3.8, 4) is 17.2 Å². The number of hydrogen-bond acceptors (Lipinski definition) is 3.